The highest BCUT2D eigenvalue weighted by atomic mass is 32.2. The molecule has 0 bridgehead atoms. The first-order chi connectivity index (χ1) is 24.5. The van der Waals surface area contributed by atoms with Crippen molar-refractivity contribution in [3.63, 3.8) is 0 Å². The maximum atomic E-state index is 14.4. The van der Waals surface area contributed by atoms with Crippen LogP contribution in [0.2, 0.25) is 0 Å². The molecule has 4 aromatic rings. The molecule has 0 spiro atoms. The average molecular weight is 715 g/mol. The number of alkyl carbamates (subject to hydrolysis) is 1. The summed E-state index contributed by atoms with van der Waals surface area (Å²) in [6.45, 7) is 4.34. The number of fused-ring (bicyclic) bond motifs is 3. The summed E-state index contributed by atoms with van der Waals surface area (Å²) in [6.07, 6.45) is -0.240. The second kappa shape index (κ2) is 14.6. The predicted octanol–water partition coefficient (Wildman–Crippen LogP) is 4.77. The van der Waals surface area contributed by atoms with Gasteiger partial charge in [-0.1, -0.05) is 62.4 Å². The zero-order valence-electron chi connectivity index (χ0n) is 28.5. The molecule has 0 radical (unpaired) electrons. The van der Waals surface area contributed by atoms with Gasteiger partial charge in [0.1, 0.15) is 6.10 Å². The van der Waals surface area contributed by atoms with Crippen molar-refractivity contribution in [2.45, 2.75) is 56.1 Å². The van der Waals surface area contributed by atoms with Gasteiger partial charge in [-0.05, 0) is 66.1 Å². The highest BCUT2D eigenvalue weighted by Crippen LogP contribution is 2.36. The molecule has 12 nitrogen and oxygen atoms in total. The number of benzene rings is 3. The summed E-state index contributed by atoms with van der Waals surface area (Å²) >= 11 is 0. The maximum absolute atomic E-state index is 14.4. The Hall–Kier alpha value is -4.53. The Morgan fingerprint density at radius 2 is 1.84 bits per heavy atom. The minimum absolute atomic E-state index is 0.0188. The van der Waals surface area contributed by atoms with Gasteiger partial charge in [-0.15, -0.1) is 0 Å². The number of carbonyl (C=O) groups excluding carboxylic acids is 2. The number of aliphatic hydroxyl groups is 1. The molecule has 4 N–H and O–H groups in total. The summed E-state index contributed by atoms with van der Waals surface area (Å²) in [5.41, 5.74) is 3.77. The van der Waals surface area contributed by atoms with E-state index >= 15 is 0 Å². The van der Waals surface area contributed by atoms with Crippen molar-refractivity contribution in [3.05, 3.63) is 95.7 Å². The van der Waals surface area contributed by atoms with Crippen LogP contribution in [0.15, 0.2) is 83.8 Å². The number of nitrogens with zero attached hydrogens (tertiary/aromatic N) is 1. The summed E-state index contributed by atoms with van der Waals surface area (Å²) in [7, 11) is -4.19. The fourth-order valence-electron chi connectivity index (χ4n) is 6.98. The van der Waals surface area contributed by atoms with Crippen LogP contribution in [0, 0.1) is 11.8 Å². The predicted molar refractivity (Wildman–Crippen MR) is 192 cm³/mol. The normalized spacial score (nSPS) is 21.9. The van der Waals surface area contributed by atoms with Crippen LogP contribution in [-0.4, -0.2) is 85.7 Å². The molecule has 0 unspecified atom stereocenters. The number of nitrogens with one attached hydrogen (secondary N) is 3. The molecule has 268 valence electrons. The van der Waals surface area contributed by atoms with Crippen LogP contribution >= 0.6 is 0 Å². The van der Waals surface area contributed by atoms with Gasteiger partial charge >= 0.3 is 6.09 Å². The van der Waals surface area contributed by atoms with Gasteiger partial charge in [0.2, 0.25) is 10.0 Å². The Kier molecular flexibility index (Phi) is 9.99. The number of H-pyrrole nitrogens is 1. The first kappa shape index (κ1) is 34.9. The molecule has 2 amide bonds. The SMILES string of the molecule is CC(C)CN(C[C@@H](O)[C@H](Cc1ccccc1)NC(=O)O[C@H]1CO[C@H]2OCC[C@H]21)S(=O)(=O)c1ccc2c(c1)/C(=C/c1cc3ccccc3[nH]1)C(=O)N2. The molecule has 5 atom stereocenters. The monoisotopic (exact) mass is 714 g/mol. The van der Waals surface area contributed by atoms with Crippen molar-refractivity contribution in [3.8, 4) is 0 Å². The van der Waals surface area contributed by atoms with Crippen molar-refractivity contribution < 1.29 is 37.3 Å². The molecular formula is C38H42N4O8S. The smallest absolute Gasteiger partial charge is 0.407 e. The van der Waals surface area contributed by atoms with Crippen LogP contribution < -0.4 is 10.6 Å². The Morgan fingerprint density at radius 1 is 1.06 bits per heavy atom. The van der Waals surface area contributed by atoms with Crippen molar-refractivity contribution in [1.82, 2.24) is 14.6 Å². The van der Waals surface area contributed by atoms with Crippen LogP contribution in [-0.2, 0) is 35.4 Å². The molecule has 0 aliphatic carbocycles. The molecular weight excluding hydrogens is 673 g/mol. The van der Waals surface area contributed by atoms with E-state index in [-0.39, 0.29) is 48.8 Å². The van der Waals surface area contributed by atoms with Crippen LogP contribution in [0.5, 0.6) is 0 Å². The lowest BCUT2D eigenvalue weighted by molar-refractivity contribution is -0.110. The summed E-state index contributed by atoms with van der Waals surface area (Å²) in [5, 5.41) is 18.3. The zero-order valence-corrected chi connectivity index (χ0v) is 29.3. The molecule has 13 heteroatoms. The fraction of sp³-hybridized carbons (Fsp3) is 0.368. The maximum Gasteiger partial charge on any atom is 0.407 e. The molecule has 4 heterocycles. The summed E-state index contributed by atoms with van der Waals surface area (Å²) in [5.74, 6) is -0.485. The van der Waals surface area contributed by atoms with Crippen LogP contribution in [0.4, 0.5) is 10.5 Å². The van der Waals surface area contributed by atoms with Gasteiger partial charge in [0.15, 0.2) is 6.29 Å². The Balaban J connectivity index is 1.13. The third-order valence-corrected chi connectivity index (χ3v) is 11.4. The van der Waals surface area contributed by atoms with Crippen molar-refractivity contribution >= 4 is 50.3 Å². The van der Waals surface area contributed by atoms with Crippen LogP contribution in [0.25, 0.3) is 22.6 Å². The van der Waals surface area contributed by atoms with E-state index in [9.17, 15) is 23.1 Å². The molecule has 0 saturated carbocycles. The van der Waals surface area contributed by atoms with Crippen molar-refractivity contribution in [2.75, 3.05) is 31.6 Å². The number of carbonyl (C=O) groups is 2. The van der Waals surface area contributed by atoms with Crippen LogP contribution in [0.3, 0.4) is 0 Å². The number of para-hydroxylation sites is 1. The van der Waals surface area contributed by atoms with Crippen molar-refractivity contribution in [1.29, 1.82) is 0 Å². The Morgan fingerprint density at radius 3 is 2.63 bits per heavy atom. The van der Waals surface area contributed by atoms with E-state index in [4.69, 9.17) is 14.2 Å². The molecule has 51 heavy (non-hydrogen) atoms. The number of sulfonamides is 1. The lowest BCUT2D eigenvalue weighted by atomic mass is 10.0. The van der Waals surface area contributed by atoms with E-state index < -0.39 is 40.7 Å². The topological polar surface area (TPSA) is 159 Å². The van der Waals surface area contributed by atoms with Gasteiger partial charge in [0.25, 0.3) is 5.91 Å². The van der Waals surface area contributed by atoms with Gasteiger partial charge in [-0.3, -0.25) is 4.79 Å². The van der Waals surface area contributed by atoms with E-state index in [1.807, 2.05) is 74.5 Å². The number of hydrogen-bond donors (Lipinski definition) is 4. The second-order valence-electron chi connectivity index (χ2n) is 13.7. The quantitative estimate of drug-likeness (QED) is 0.153. The van der Waals surface area contributed by atoms with Gasteiger partial charge in [0, 0.05) is 35.6 Å². The number of hydrogen-bond acceptors (Lipinski definition) is 8. The number of aliphatic hydroxyl groups excluding tert-OH is 1. The van der Waals surface area contributed by atoms with E-state index in [1.165, 1.54) is 16.4 Å². The number of amides is 2. The molecule has 1 aromatic heterocycles. The minimum Gasteiger partial charge on any atom is -0.443 e. The number of aromatic amines is 1. The standard InChI is InChI=1S/C38H42N4O8S/c1-23(2)20-42(21-34(43)33(16-24-8-4-3-5-9-24)41-38(45)50-35-22-49-37-28(35)14-15-48-37)51(46,47)27-12-13-32-29(19-27)30(36(44)40-32)18-26-17-25-10-6-7-11-31(25)39-26/h3-13,17-19,23,28,33-35,37,39,43H,14-16,20-22H2,1-2H3,(H,40,44)(H,41,45)/b30-18-/t28-,33-,34+,35-,37+/m0/s1. The Bertz CT molecular complexity index is 2010. The molecule has 2 fully saturated rings. The highest BCUT2D eigenvalue weighted by Gasteiger charge is 2.44. The first-order valence-corrected chi connectivity index (χ1v) is 18.7. The molecule has 3 aromatic carbocycles. The second-order valence-corrected chi connectivity index (χ2v) is 15.7. The van der Waals surface area contributed by atoms with E-state index in [2.05, 4.69) is 15.6 Å². The molecule has 3 aliphatic rings. The lowest BCUT2D eigenvalue weighted by Crippen LogP contribution is -2.51. The van der Waals surface area contributed by atoms with Crippen molar-refractivity contribution in [2.24, 2.45) is 11.8 Å². The zero-order chi connectivity index (χ0) is 35.7. The number of anilines is 1. The third-order valence-electron chi connectivity index (χ3n) is 9.53. The van der Waals surface area contributed by atoms with Gasteiger partial charge in [-0.25, -0.2) is 13.2 Å². The van der Waals surface area contributed by atoms with Gasteiger partial charge < -0.3 is 34.9 Å². The molecule has 3 aliphatic heterocycles. The average Bonchev–Trinajstić information content (AvgIpc) is 3.89. The lowest BCUT2D eigenvalue weighted by Gasteiger charge is -2.31. The number of rotatable bonds is 12. The van der Waals surface area contributed by atoms with E-state index in [0.29, 0.717) is 35.5 Å². The number of aromatic nitrogens is 1. The highest BCUT2D eigenvalue weighted by molar-refractivity contribution is 7.89. The number of ether oxygens (including phenoxy) is 3. The summed E-state index contributed by atoms with van der Waals surface area (Å²) in [6, 6.07) is 22.7. The Labute approximate surface area is 296 Å². The molecule has 2 saturated heterocycles. The minimum atomic E-state index is -4.19. The van der Waals surface area contributed by atoms with E-state index in [1.54, 1.807) is 12.1 Å². The van der Waals surface area contributed by atoms with E-state index in [0.717, 1.165) is 16.5 Å². The fourth-order valence-corrected chi connectivity index (χ4v) is 8.63. The molecule has 7 rings (SSSR count). The van der Waals surface area contributed by atoms with Gasteiger partial charge in [0.05, 0.1) is 41.7 Å². The first-order valence-electron chi connectivity index (χ1n) is 17.2. The summed E-state index contributed by atoms with van der Waals surface area (Å²) in [4.78, 5) is 29.5. The van der Waals surface area contributed by atoms with Gasteiger partial charge in [-0.2, -0.15) is 4.31 Å². The van der Waals surface area contributed by atoms with Crippen LogP contribution in [0.1, 0.15) is 37.1 Å². The largest absolute Gasteiger partial charge is 0.443 e. The summed E-state index contributed by atoms with van der Waals surface area (Å²) < 4.78 is 46.8. The third kappa shape index (κ3) is 7.58.